The molecule has 0 spiro atoms. The Morgan fingerprint density at radius 2 is 2.08 bits per heavy atom. The van der Waals surface area contributed by atoms with Crippen LogP contribution in [0.15, 0.2) is 0 Å². The minimum atomic E-state index is -3.33. The SMILES string of the molecule is CNS(=O)(=O)NN1CCCCC1C. The van der Waals surface area contributed by atoms with E-state index in [1.54, 1.807) is 5.01 Å². The van der Waals surface area contributed by atoms with Gasteiger partial charge >= 0.3 is 0 Å². The minimum Gasteiger partial charge on any atom is -0.227 e. The van der Waals surface area contributed by atoms with Crippen LogP contribution < -0.4 is 9.55 Å². The van der Waals surface area contributed by atoms with Crippen molar-refractivity contribution in [3.05, 3.63) is 0 Å². The maximum Gasteiger partial charge on any atom is 0.289 e. The van der Waals surface area contributed by atoms with E-state index in [9.17, 15) is 8.42 Å². The van der Waals surface area contributed by atoms with Gasteiger partial charge in [0.1, 0.15) is 0 Å². The molecule has 1 unspecified atom stereocenters. The molecule has 1 fully saturated rings. The molecule has 13 heavy (non-hydrogen) atoms. The molecule has 0 saturated carbocycles. The summed E-state index contributed by atoms with van der Waals surface area (Å²) in [6, 6.07) is 0.289. The zero-order valence-electron chi connectivity index (χ0n) is 8.08. The van der Waals surface area contributed by atoms with Crippen molar-refractivity contribution in [1.82, 2.24) is 14.6 Å². The Hall–Kier alpha value is -0.170. The van der Waals surface area contributed by atoms with Gasteiger partial charge in [-0.25, -0.2) is 9.73 Å². The molecule has 1 atom stereocenters. The van der Waals surface area contributed by atoms with Crippen molar-refractivity contribution in [2.75, 3.05) is 13.6 Å². The maximum atomic E-state index is 11.1. The van der Waals surface area contributed by atoms with Crippen LogP contribution >= 0.6 is 0 Å². The smallest absolute Gasteiger partial charge is 0.227 e. The second-order valence-corrected chi connectivity index (χ2v) is 4.93. The Labute approximate surface area is 79.6 Å². The van der Waals surface area contributed by atoms with Gasteiger partial charge in [-0.2, -0.15) is 8.42 Å². The zero-order chi connectivity index (χ0) is 9.90. The van der Waals surface area contributed by atoms with Gasteiger partial charge in [0.05, 0.1) is 0 Å². The normalized spacial score (nSPS) is 26.2. The number of hydrazine groups is 1. The molecule has 0 bridgehead atoms. The topological polar surface area (TPSA) is 61.4 Å². The first-order valence-corrected chi connectivity index (χ1v) is 6.01. The third-order valence-corrected chi connectivity index (χ3v) is 3.32. The lowest BCUT2D eigenvalue weighted by Crippen LogP contribution is -2.52. The van der Waals surface area contributed by atoms with Crippen molar-refractivity contribution >= 4 is 10.2 Å². The van der Waals surface area contributed by atoms with Crippen molar-refractivity contribution in [1.29, 1.82) is 0 Å². The first kappa shape index (κ1) is 10.9. The minimum absolute atomic E-state index is 0.289. The van der Waals surface area contributed by atoms with Gasteiger partial charge in [0.15, 0.2) is 0 Å². The fraction of sp³-hybridized carbons (Fsp3) is 1.00. The molecule has 6 heteroatoms. The molecule has 0 aromatic carbocycles. The molecule has 1 aliphatic heterocycles. The fourth-order valence-electron chi connectivity index (χ4n) is 1.43. The summed E-state index contributed by atoms with van der Waals surface area (Å²) in [4.78, 5) is 2.49. The van der Waals surface area contributed by atoms with Gasteiger partial charge in [0.25, 0.3) is 10.2 Å². The van der Waals surface area contributed by atoms with Crippen LogP contribution in [0.25, 0.3) is 0 Å². The zero-order valence-corrected chi connectivity index (χ0v) is 8.89. The monoisotopic (exact) mass is 207 g/mol. The van der Waals surface area contributed by atoms with E-state index in [2.05, 4.69) is 9.55 Å². The summed E-state index contributed by atoms with van der Waals surface area (Å²) in [6.45, 7) is 2.82. The second kappa shape index (κ2) is 4.36. The Kier molecular flexibility index (Phi) is 3.66. The molecule has 0 aromatic rings. The lowest BCUT2D eigenvalue weighted by atomic mass is 10.1. The standard InChI is InChI=1S/C7H17N3O2S/c1-7-5-3-4-6-10(7)9-13(11,12)8-2/h7-9H,3-6H2,1-2H3. The van der Waals surface area contributed by atoms with Crippen molar-refractivity contribution in [3.8, 4) is 0 Å². The summed E-state index contributed by atoms with van der Waals surface area (Å²) in [7, 11) is -1.93. The van der Waals surface area contributed by atoms with Gasteiger partial charge in [-0.15, -0.1) is 4.83 Å². The molecule has 1 saturated heterocycles. The van der Waals surface area contributed by atoms with Gasteiger partial charge in [0.2, 0.25) is 0 Å². The summed E-state index contributed by atoms with van der Waals surface area (Å²) >= 11 is 0. The summed E-state index contributed by atoms with van der Waals surface area (Å²) in [5.74, 6) is 0. The van der Waals surface area contributed by atoms with Crippen LogP contribution in [0.5, 0.6) is 0 Å². The molecule has 1 rings (SSSR count). The molecule has 1 heterocycles. The van der Waals surface area contributed by atoms with Crippen LogP contribution in [0.1, 0.15) is 26.2 Å². The van der Waals surface area contributed by atoms with Crippen LogP contribution in [-0.2, 0) is 10.2 Å². The first-order valence-electron chi connectivity index (χ1n) is 4.53. The number of nitrogens with zero attached hydrogens (tertiary/aromatic N) is 1. The molecule has 0 aromatic heterocycles. The van der Waals surface area contributed by atoms with E-state index >= 15 is 0 Å². The average molecular weight is 207 g/mol. The number of nitrogens with one attached hydrogen (secondary N) is 2. The highest BCUT2D eigenvalue weighted by molar-refractivity contribution is 7.87. The Bertz CT molecular complexity index is 252. The highest BCUT2D eigenvalue weighted by Gasteiger charge is 2.21. The Morgan fingerprint density at radius 3 is 2.62 bits per heavy atom. The van der Waals surface area contributed by atoms with E-state index in [0.29, 0.717) is 0 Å². The summed E-state index contributed by atoms with van der Waals surface area (Å²) in [6.07, 6.45) is 3.28. The van der Waals surface area contributed by atoms with E-state index in [0.717, 1.165) is 19.4 Å². The molecule has 0 amide bonds. The summed E-state index contributed by atoms with van der Waals surface area (Å²) < 4.78 is 24.5. The number of rotatable bonds is 3. The highest BCUT2D eigenvalue weighted by atomic mass is 32.2. The summed E-state index contributed by atoms with van der Waals surface area (Å²) in [5, 5.41) is 1.77. The molecule has 2 N–H and O–H groups in total. The third kappa shape index (κ3) is 3.22. The molecular formula is C7H17N3O2S. The molecule has 0 radical (unpaired) electrons. The predicted octanol–water partition coefficient (Wildman–Crippen LogP) is -0.170. The summed E-state index contributed by atoms with van der Waals surface area (Å²) in [5.41, 5.74) is 0. The van der Waals surface area contributed by atoms with Crippen LogP contribution in [0.3, 0.4) is 0 Å². The van der Waals surface area contributed by atoms with Gasteiger partial charge in [-0.05, 0) is 19.8 Å². The molecule has 5 nitrogen and oxygen atoms in total. The molecule has 78 valence electrons. The van der Waals surface area contributed by atoms with Crippen LogP contribution in [-0.4, -0.2) is 33.1 Å². The largest absolute Gasteiger partial charge is 0.289 e. The van der Waals surface area contributed by atoms with Crippen molar-refractivity contribution in [2.24, 2.45) is 0 Å². The van der Waals surface area contributed by atoms with E-state index < -0.39 is 10.2 Å². The second-order valence-electron chi connectivity index (χ2n) is 3.34. The van der Waals surface area contributed by atoms with Crippen molar-refractivity contribution in [2.45, 2.75) is 32.2 Å². The maximum absolute atomic E-state index is 11.1. The molecular weight excluding hydrogens is 190 g/mol. The molecule has 0 aliphatic carbocycles. The third-order valence-electron chi connectivity index (χ3n) is 2.31. The van der Waals surface area contributed by atoms with Crippen LogP contribution in [0, 0.1) is 0 Å². The van der Waals surface area contributed by atoms with Crippen molar-refractivity contribution < 1.29 is 8.42 Å². The van der Waals surface area contributed by atoms with E-state index in [4.69, 9.17) is 0 Å². The van der Waals surface area contributed by atoms with Gasteiger partial charge in [0, 0.05) is 19.6 Å². The number of hydrogen-bond acceptors (Lipinski definition) is 3. The highest BCUT2D eigenvalue weighted by Crippen LogP contribution is 2.13. The fourth-order valence-corrected chi connectivity index (χ4v) is 2.10. The van der Waals surface area contributed by atoms with Crippen LogP contribution in [0.2, 0.25) is 0 Å². The lowest BCUT2D eigenvalue weighted by Gasteiger charge is -2.32. The lowest BCUT2D eigenvalue weighted by molar-refractivity contribution is 0.134. The van der Waals surface area contributed by atoms with Gasteiger partial charge in [-0.3, -0.25) is 0 Å². The Morgan fingerprint density at radius 1 is 1.38 bits per heavy atom. The predicted molar refractivity (Wildman–Crippen MR) is 51.1 cm³/mol. The molecule has 1 aliphatic rings. The average Bonchev–Trinajstić information content (AvgIpc) is 2.09. The Balaban J connectivity index is 2.52. The van der Waals surface area contributed by atoms with E-state index in [1.807, 2.05) is 6.92 Å². The first-order chi connectivity index (χ1) is 6.05. The number of hydrogen-bond donors (Lipinski definition) is 2. The van der Waals surface area contributed by atoms with E-state index in [-0.39, 0.29) is 6.04 Å². The van der Waals surface area contributed by atoms with Gasteiger partial charge < -0.3 is 0 Å². The quantitative estimate of drug-likeness (QED) is 0.675. The van der Waals surface area contributed by atoms with Crippen molar-refractivity contribution in [3.63, 3.8) is 0 Å². The van der Waals surface area contributed by atoms with Gasteiger partial charge in [-0.1, -0.05) is 6.42 Å². The van der Waals surface area contributed by atoms with Crippen LogP contribution in [0.4, 0.5) is 0 Å². The number of piperidine rings is 1. The van der Waals surface area contributed by atoms with E-state index in [1.165, 1.54) is 13.5 Å².